The van der Waals surface area contributed by atoms with Crippen molar-refractivity contribution in [1.29, 1.82) is 0 Å². The fraction of sp³-hybridized carbons (Fsp3) is 0.321. The molecule has 0 radical (unpaired) electrons. The normalized spacial score (nSPS) is 20.9. The largest absolute Gasteiger partial charge is 0.337 e. The summed E-state index contributed by atoms with van der Waals surface area (Å²) in [6, 6.07) is 21.6. The molecule has 2 N–H and O–H groups in total. The molecular formula is C28H32F2N4O. The van der Waals surface area contributed by atoms with Crippen LogP contribution in [0.25, 0.3) is 0 Å². The van der Waals surface area contributed by atoms with E-state index in [1.54, 1.807) is 29.2 Å². The van der Waals surface area contributed by atoms with Crippen molar-refractivity contribution in [1.82, 2.24) is 14.7 Å². The summed E-state index contributed by atoms with van der Waals surface area (Å²) in [5, 5.41) is 0. The van der Waals surface area contributed by atoms with Gasteiger partial charge in [0.15, 0.2) is 0 Å². The molecule has 184 valence electrons. The molecule has 0 aromatic heterocycles. The van der Waals surface area contributed by atoms with Gasteiger partial charge < -0.3 is 15.5 Å². The number of hydrogen-bond acceptors (Lipinski definition) is 4. The monoisotopic (exact) mass is 478 g/mol. The molecule has 1 fully saturated rings. The highest BCUT2D eigenvalue weighted by Gasteiger charge is 2.42. The van der Waals surface area contributed by atoms with Crippen LogP contribution in [0.4, 0.5) is 8.78 Å². The van der Waals surface area contributed by atoms with Crippen molar-refractivity contribution >= 4 is 5.91 Å². The topological polar surface area (TPSA) is 52.8 Å². The molecule has 0 bridgehead atoms. The smallest absolute Gasteiger partial charge is 0.253 e. The van der Waals surface area contributed by atoms with E-state index < -0.39 is 0 Å². The minimum atomic E-state index is -0.373. The predicted molar refractivity (Wildman–Crippen MR) is 134 cm³/mol. The highest BCUT2D eigenvalue weighted by atomic mass is 19.1. The molecule has 3 atom stereocenters. The van der Waals surface area contributed by atoms with E-state index in [-0.39, 0.29) is 41.8 Å². The first-order chi connectivity index (χ1) is 16.8. The highest BCUT2D eigenvalue weighted by Crippen LogP contribution is 2.35. The van der Waals surface area contributed by atoms with Crippen LogP contribution >= 0.6 is 0 Å². The molecule has 1 amide bonds. The van der Waals surface area contributed by atoms with Crippen LogP contribution in [0.2, 0.25) is 0 Å². The summed E-state index contributed by atoms with van der Waals surface area (Å²) < 4.78 is 27.4. The minimum Gasteiger partial charge on any atom is -0.337 e. The Kier molecular flexibility index (Phi) is 7.60. The lowest BCUT2D eigenvalue weighted by Gasteiger charge is -2.50. The van der Waals surface area contributed by atoms with Crippen LogP contribution in [0.15, 0.2) is 78.9 Å². The second-order valence-electron chi connectivity index (χ2n) is 9.39. The van der Waals surface area contributed by atoms with Crippen molar-refractivity contribution in [3.05, 3.63) is 107 Å². The Morgan fingerprint density at radius 2 is 1.37 bits per heavy atom. The summed E-state index contributed by atoms with van der Waals surface area (Å²) in [4.78, 5) is 19.3. The number of carbonyl (C=O) groups is 1. The summed E-state index contributed by atoms with van der Waals surface area (Å²) in [6.07, 6.45) is 0.180. The summed E-state index contributed by atoms with van der Waals surface area (Å²) in [5.74, 6) is -0.680. The number of hydrogen-bond donors (Lipinski definition) is 1. The molecular weight excluding hydrogens is 446 g/mol. The predicted octanol–water partition coefficient (Wildman–Crippen LogP) is 4.12. The van der Waals surface area contributed by atoms with Crippen LogP contribution in [0.5, 0.6) is 0 Å². The number of rotatable bonds is 6. The van der Waals surface area contributed by atoms with Crippen LogP contribution in [-0.4, -0.2) is 66.5 Å². The number of likely N-dealkylation sites (tertiary alicyclic amines) is 1. The fourth-order valence-corrected chi connectivity index (χ4v) is 5.03. The molecule has 0 spiro atoms. The first-order valence-electron chi connectivity index (χ1n) is 11.8. The van der Waals surface area contributed by atoms with Crippen LogP contribution in [0.3, 0.4) is 0 Å². The lowest BCUT2D eigenvalue weighted by Crippen LogP contribution is -2.64. The van der Waals surface area contributed by atoms with Crippen LogP contribution < -0.4 is 5.73 Å². The van der Waals surface area contributed by atoms with Crippen LogP contribution in [0, 0.1) is 11.6 Å². The van der Waals surface area contributed by atoms with E-state index in [4.69, 9.17) is 5.73 Å². The van der Waals surface area contributed by atoms with E-state index in [2.05, 4.69) is 9.80 Å². The van der Waals surface area contributed by atoms with Crippen LogP contribution in [0.1, 0.15) is 33.9 Å². The number of nitrogens with two attached hydrogens (primary N) is 1. The summed E-state index contributed by atoms with van der Waals surface area (Å²) in [7, 11) is 5.83. The van der Waals surface area contributed by atoms with Crippen molar-refractivity contribution < 1.29 is 13.6 Å². The summed E-state index contributed by atoms with van der Waals surface area (Å²) >= 11 is 0. The summed E-state index contributed by atoms with van der Waals surface area (Å²) in [5.41, 5.74) is 9.15. The molecule has 4 rings (SSSR count). The van der Waals surface area contributed by atoms with Gasteiger partial charge in [-0.05, 0) is 68.0 Å². The zero-order valence-corrected chi connectivity index (χ0v) is 20.3. The molecule has 3 aromatic carbocycles. The standard InChI is InChI=1S/C28H32F2N4O/c1-32(2)25-18-34(26(31)17-24(25)33(3)28(35)21-7-5-4-6-8-21)27(19-9-13-22(29)14-10-19)20-11-15-23(30)16-12-20/h4-16,24-27H,17-18,31H2,1-3H3. The average Bonchev–Trinajstić information content (AvgIpc) is 2.86. The summed E-state index contributed by atoms with van der Waals surface area (Å²) in [6.45, 7) is 0.574. The maximum atomic E-state index is 13.7. The Bertz CT molecular complexity index is 1080. The molecule has 5 nitrogen and oxygen atoms in total. The number of piperidine rings is 1. The molecule has 1 aliphatic heterocycles. The van der Waals surface area contributed by atoms with Gasteiger partial charge in [0.05, 0.1) is 18.2 Å². The van der Waals surface area contributed by atoms with Gasteiger partial charge in [-0.15, -0.1) is 0 Å². The number of carbonyl (C=O) groups excluding carboxylic acids is 1. The second-order valence-corrected chi connectivity index (χ2v) is 9.39. The number of likely N-dealkylation sites (N-methyl/N-ethyl adjacent to an activating group) is 2. The Morgan fingerprint density at radius 1 is 0.857 bits per heavy atom. The van der Waals surface area contributed by atoms with Gasteiger partial charge in [-0.2, -0.15) is 0 Å². The molecule has 0 saturated carbocycles. The number of benzene rings is 3. The van der Waals surface area contributed by atoms with E-state index in [9.17, 15) is 13.6 Å². The van der Waals surface area contributed by atoms with Crippen molar-refractivity contribution in [2.45, 2.75) is 30.7 Å². The Labute approximate surface area is 205 Å². The van der Waals surface area contributed by atoms with Gasteiger partial charge in [-0.3, -0.25) is 9.69 Å². The van der Waals surface area contributed by atoms with Gasteiger partial charge in [-0.25, -0.2) is 8.78 Å². The second kappa shape index (κ2) is 10.6. The van der Waals surface area contributed by atoms with E-state index in [1.165, 1.54) is 24.3 Å². The quantitative estimate of drug-likeness (QED) is 0.579. The Hall–Kier alpha value is -3.13. The third-order valence-corrected chi connectivity index (χ3v) is 6.96. The third-order valence-electron chi connectivity index (χ3n) is 6.96. The van der Waals surface area contributed by atoms with Crippen molar-refractivity contribution in [3.8, 4) is 0 Å². The average molecular weight is 479 g/mol. The van der Waals surface area contributed by atoms with Crippen molar-refractivity contribution in [2.75, 3.05) is 27.7 Å². The van der Waals surface area contributed by atoms with Gasteiger partial charge in [-0.1, -0.05) is 42.5 Å². The maximum Gasteiger partial charge on any atom is 0.253 e. The van der Waals surface area contributed by atoms with Gasteiger partial charge in [0.25, 0.3) is 5.91 Å². The van der Waals surface area contributed by atoms with E-state index in [0.29, 0.717) is 18.5 Å². The molecule has 1 saturated heterocycles. The lowest BCUT2D eigenvalue weighted by molar-refractivity contribution is 0.00188. The highest BCUT2D eigenvalue weighted by molar-refractivity contribution is 5.94. The van der Waals surface area contributed by atoms with Crippen molar-refractivity contribution in [2.24, 2.45) is 5.73 Å². The third kappa shape index (κ3) is 5.42. The fourth-order valence-electron chi connectivity index (χ4n) is 5.03. The molecule has 35 heavy (non-hydrogen) atoms. The zero-order chi connectivity index (χ0) is 25.1. The Balaban J connectivity index is 1.67. The molecule has 3 aromatic rings. The van der Waals surface area contributed by atoms with Gasteiger partial charge in [0, 0.05) is 25.2 Å². The zero-order valence-electron chi connectivity index (χ0n) is 20.3. The minimum absolute atomic E-state index is 0.00383. The molecule has 1 heterocycles. The molecule has 3 unspecified atom stereocenters. The number of halogens is 2. The molecule has 0 aliphatic carbocycles. The number of nitrogens with zero attached hydrogens (tertiary/aromatic N) is 3. The first kappa shape index (κ1) is 25.0. The van der Waals surface area contributed by atoms with E-state index >= 15 is 0 Å². The Morgan fingerprint density at radius 3 is 1.86 bits per heavy atom. The maximum absolute atomic E-state index is 13.7. The first-order valence-corrected chi connectivity index (χ1v) is 11.8. The van der Waals surface area contributed by atoms with E-state index in [1.807, 2.05) is 51.5 Å². The van der Waals surface area contributed by atoms with Gasteiger partial charge >= 0.3 is 0 Å². The van der Waals surface area contributed by atoms with Crippen LogP contribution in [-0.2, 0) is 0 Å². The SMILES string of the molecule is CN(C)C1CN(C(c2ccc(F)cc2)c2ccc(F)cc2)C(N)CC1N(C)C(=O)c1ccccc1. The number of amides is 1. The van der Waals surface area contributed by atoms with E-state index in [0.717, 1.165) is 11.1 Å². The lowest BCUT2D eigenvalue weighted by atomic mass is 9.89. The molecule has 7 heteroatoms. The van der Waals surface area contributed by atoms with Gasteiger partial charge in [0.1, 0.15) is 11.6 Å². The van der Waals surface area contributed by atoms with Gasteiger partial charge in [0.2, 0.25) is 0 Å². The van der Waals surface area contributed by atoms with Crippen molar-refractivity contribution in [3.63, 3.8) is 0 Å². The molecule has 1 aliphatic rings.